The minimum Gasteiger partial charge on any atom is -0.493 e. The molecule has 0 aliphatic carbocycles. The van der Waals surface area contributed by atoms with Gasteiger partial charge >= 0.3 is 0 Å². The number of hydrogen-bond donors (Lipinski definition) is 1. The second kappa shape index (κ2) is 6.74. The number of amides is 1. The molecule has 0 unspecified atom stereocenters. The van der Waals surface area contributed by atoms with Gasteiger partial charge in [0.2, 0.25) is 0 Å². The van der Waals surface area contributed by atoms with Gasteiger partial charge in [0.05, 0.1) is 24.1 Å². The molecule has 2 heterocycles. The smallest absolute Gasteiger partial charge is 0.260 e. The third-order valence-corrected chi connectivity index (χ3v) is 3.80. The van der Waals surface area contributed by atoms with Crippen molar-refractivity contribution >= 4 is 22.7 Å². The van der Waals surface area contributed by atoms with E-state index in [1.165, 1.54) is 12.1 Å². The molecule has 1 aliphatic heterocycles. The van der Waals surface area contributed by atoms with Crippen LogP contribution in [0.25, 0.3) is 11.1 Å². The SMILES string of the molecule is CCOC(/C=C(\CC)c1ccco1)=C1/C(=O)Nc2cc(F)ccc21. The Morgan fingerprint density at radius 3 is 2.83 bits per heavy atom. The Balaban J connectivity index is 2.14. The Kier molecular flexibility index (Phi) is 4.51. The van der Waals surface area contributed by atoms with Crippen molar-refractivity contribution < 1.29 is 18.3 Å². The number of benzene rings is 1. The van der Waals surface area contributed by atoms with Crippen LogP contribution in [0.2, 0.25) is 0 Å². The number of rotatable bonds is 5. The molecule has 1 aliphatic rings. The summed E-state index contributed by atoms with van der Waals surface area (Å²) in [4.78, 5) is 12.4. The Morgan fingerprint density at radius 1 is 1.33 bits per heavy atom. The fourth-order valence-corrected chi connectivity index (χ4v) is 2.70. The molecule has 1 amide bonds. The van der Waals surface area contributed by atoms with E-state index < -0.39 is 5.82 Å². The molecule has 0 fully saturated rings. The third kappa shape index (κ3) is 2.97. The van der Waals surface area contributed by atoms with Gasteiger partial charge in [-0.25, -0.2) is 4.39 Å². The minimum absolute atomic E-state index is 0.301. The standard InChI is InChI=1S/C19H18FNO3/c1-3-12(16-6-5-9-24-16)10-17(23-4-2)18-14-8-7-13(20)11-15(14)21-19(18)22/h5-11H,3-4H2,1-2H3,(H,21,22)/b12-10+,18-17+. The second-order valence-electron chi connectivity index (χ2n) is 5.32. The molecule has 0 radical (unpaired) electrons. The first-order valence-electron chi connectivity index (χ1n) is 7.86. The van der Waals surface area contributed by atoms with E-state index in [1.54, 1.807) is 12.3 Å². The lowest BCUT2D eigenvalue weighted by Crippen LogP contribution is -2.07. The molecular formula is C19H18FNO3. The van der Waals surface area contributed by atoms with Crippen LogP contribution in [0.15, 0.2) is 52.8 Å². The molecule has 0 saturated heterocycles. The first kappa shape index (κ1) is 16.1. The van der Waals surface area contributed by atoms with Crippen LogP contribution in [0.1, 0.15) is 31.6 Å². The molecule has 5 heteroatoms. The Bertz CT molecular complexity index is 819. The van der Waals surface area contributed by atoms with Gasteiger partial charge in [0.25, 0.3) is 5.91 Å². The molecule has 24 heavy (non-hydrogen) atoms. The summed E-state index contributed by atoms with van der Waals surface area (Å²) in [5.41, 5.74) is 2.41. The highest BCUT2D eigenvalue weighted by Crippen LogP contribution is 2.36. The highest BCUT2D eigenvalue weighted by atomic mass is 19.1. The van der Waals surface area contributed by atoms with Gasteiger partial charge in [-0.2, -0.15) is 0 Å². The van der Waals surface area contributed by atoms with E-state index >= 15 is 0 Å². The molecule has 0 bridgehead atoms. The van der Waals surface area contributed by atoms with E-state index in [1.807, 2.05) is 32.1 Å². The van der Waals surface area contributed by atoms with Crippen molar-refractivity contribution in [3.63, 3.8) is 0 Å². The predicted molar refractivity (Wildman–Crippen MR) is 90.6 cm³/mol. The Hall–Kier alpha value is -2.82. The summed E-state index contributed by atoms with van der Waals surface area (Å²) in [7, 11) is 0. The van der Waals surface area contributed by atoms with Crippen LogP contribution in [0.3, 0.4) is 0 Å². The van der Waals surface area contributed by atoms with E-state index in [9.17, 15) is 9.18 Å². The summed E-state index contributed by atoms with van der Waals surface area (Å²) in [6.45, 7) is 4.26. The van der Waals surface area contributed by atoms with Crippen LogP contribution < -0.4 is 5.32 Å². The molecule has 124 valence electrons. The van der Waals surface area contributed by atoms with Gasteiger partial charge in [-0.05, 0) is 55.3 Å². The molecular weight excluding hydrogens is 309 g/mol. The van der Waals surface area contributed by atoms with Crippen molar-refractivity contribution in [2.45, 2.75) is 20.3 Å². The van der Waals surface area contributed by atoms with Crippen LogP contribution >= 0.6 is 0 Å². The lowest BCUT2D eigenvalue weighted by Gasteiger charge is -2.10. The zero-order valence-electron chi connectivity index (χ0n) is 13.6. The van der Waals surface area contributed by atoms with Crippen LogP contribution in [0, 0.1) is 5.82 Å². The first-order valence-corrected chi connectivity index (χ1v) is 7.86. The fourth-order valence-electron chi connectivity index (χ4n) is 2.70. The van der Waals surface area contributed by atoms with Crippen LogP contribution in [-0.4, -0.2) is 12.5 Å². The zero-order valence-corrected chi connectivity index (χ0v) is 13.6. The molecule has 0 atom stereocenters. The van der Waals surface area contributed by atoms with E-state index in [-0.39, 0.29) is 5.91 Å². The molecule has 0 spiro atoms. The lowest BCUT2D eigenvalue weighted by molar-refractivity contribution is -0.110. The average molecular weight is 327 g/mol. The second-order valence-corrected chi connectivity index (χ2v) is 5.32. The number of ether oxygens (including phenoxy) is 1. The first-order chi connectivity index (χ1) is 11.6. The average Bonchev–Trinajstić information content (AvgIpc) is 3.18. The number of furan rings is 1. The van der Waals surface area contributed by atoms with E-state index in [0.29, 0.717) is 29.2 Å². The quantitative estimate of drug-likeness (QED) is 0.644. The van der Waals surface area contributed by atoms with Gasteiger partial charge < -0.3 is 14.5 Å². The molecule has 1 aromatic carbocycles. The summed E-state index contributed by atoms with van der Waals surface area (Å²) < 4.78 is 24.6. The summed E-state index contributed by atoms with van der Waals surface area (Å²) in [5, 5.41) is 2.68. The van der Waals surface area contributed by atoms with Gasteiger partial charge in [-0.1, -0.05) is 6.92 Å². The van der Waals surface area contributed by atoms with Crippen LogP contribution in [0.4, 0.5) is 10.1 Å². The Labute approximate surface area is 139 Å². The highest BCUT2D eigenvalue weighted by molar-refractivity contribution is 6.32. The van der Waals surface area contributed by atoms with E-state index in [0.717, 1.165) is 17.8 Å². The summed E-state index contributed by atoms with van der Waals surface area (Å²) in [6, 6.07) is 7.90. The number of anilines is 1. The van der Waals surface area contributed by atoms with Gasteiger partial charge in [-0.3, -0.25) is 4.79 Å². The molecule has 1 N–H and O–H groups in total. The Morgan fingerprint density at radius 2 is 2.17 bits per heavy atom. The maximum absolute atomic E-state index is 13.4. The van der Waals surface area contributed by atoms with Crippen LogP contribution in [-0.2, 0) is 9.53 Å². The monoisotopic (exact) mass is 327 g/mol. The van der Waals surface area contributed by atoms with Crippen LogP contribution in [0.5, 0.6) is 0 Å². The van der Waals surface area contributed by atoms with Gasteiger partial charge in [-0.15, -0.1) is 0 Å². The number of carbonyl (C=O) groups excluding carboxylic acids is 1. The molecule has 1 aromatic heterocycles. The van der Waals surface area contributed by atoms with Crippen molar-refractivity contribution in [1.29, 1.82) is 0 Å². The predicted octanol–water partition coefficient (Wildman–Crippen LogP) is 4.61. The van der Waals surface area contributed by atoms with Crippen molar-refractivity contribution in [2.24, 2.45) is 0 Å². The number of nitrogens with one attached hydrogen (secondary N) is 1. The van der Waals surface area contributed by atoms with Crippen molar-refractivity contribution in [3.8, 4) is 0 Å². The fraction of sp³-hybridized carbons (Fsp3) is 0.211. The number of hydrogen-bond acceptors (Lipinski definition) is 3. The van der Waals surface area contributed by atoms with E-state index in [2.05, 4.69) is 5.32 Å². The maximum Gasteiger partial charge on any atom is 0.260 e. The third-order valence-electron chi connectivity index (χ3n) is 3.80. The topological polar surface area (TPSA) is 51.5 Å². The molecule has 2 aromatic rings. The summed E-state index contributed by atoms with van der Waals surface area (Å²) in [5.74, 6) is 0.487. The van der Waals surface area contributed by atoms with Gasteiger partial charge in [0.15, 0.2) is 0 Å². The van der Waals surface area contributed by atoms with Gasteiger partial charge in [0.1, 0.15) is 17.3 Å². The van der Waals surface area contributed by atoms with Crippen molar-refractivity contribution in [2.75, 3.05) is 11.9 Å². The van der Waals surface area contributed by atoms with Crippen molar-refractivity contribution in [3.05, 3.63) is 65.6 Å². The maximum atomic E-state index is 13.4. The zero-order chi connectivity index (χ0) is 17.1. The number of allylic oxidation sites excluding steroid dienone is 2. The van der Waals surface area contributed by atoms with Crippen molar-refractivity contribution in [1.82, 2.24) is 0 Å². The summed E-state index contributed by atoms with van der Waals surface area (Å²) >= 11 is 0. The lowest BCUT2D eigenvalue weighted by atomic mass is 10.0. The molecule has 0 saturated carbocycles. The number of carbonyl (C=O) groups is 1. The minimum atomic E-state index is -0.395. The van der Waals surface area contributed by atoms with Gasteiger partial charge in [0, 0.05) is 5.56 Å². The molecule has 3 rings (SSSR count). The molecule has 4 nitrogen and oxygen atoms in total. The summed E-state index contributed by atoms with van der Waals surface area (Å²) in [6.07, 6.45) is 4.14. The number of fused-ring (bicyclic) bond motifs is 1. The number of halogens is 1. The largest absolute Gasteiger partial charge is 0.493 e. The van der Waals surface area contributed by atoms with E-state index in [4.69, 9.17) is 9.15 Å². The normalized spacial score (nSPS) is 16.0. The highest BCUT2D eigenvalue weighted by Gasteiger charge is 2.28.